The Hall–Kier alpha value is -2.89. The molecule has 0 amide bonds. The highest BCUT2D eigenvalue weighted by molar-refractivity contribution is 5.74. The smallest absolute Gasteiger partial charge is 0.407 e. The van der Waals surface area contributed by atoms with Crippen LogP contribution in [0.4, 0.5) is 0 Å². The van der Waals surface area contributed by atoms with E-state index < -0.39 is 97.7 Å². The zero-order valence-electron chi connectivity index (χ0n) is 24.5. The van der Waals surface area contributed by atoms with Crippen LogP contribution in [0.1, 0.15) is 98.8 Å². The molecule has 242 valence electrons. The second-order valence-electron chi connectivity index (χ2n) is 9.65. The minimum absolute atomic E-state index is 0.0416. The molecule has 0 radical (unpaired) electrons. The van der Waals surface area contributed by atoms with E-state index in [1.54, 1.807) is 0 Å². The summed E-state index contributed by atoms with van der Waals surface area (Å²) in [7, 11) is 0. The van der Waals surface area contributed by atoms with E-state index in [1.807, 2.05) is 0 Å². The third kappa shape index (κ3) is 7.18. The zero-order valence-corrected chi connectivity index (χ0v) is 24.5. The van der Waals surface area contributed by atoms with E-state index in [4.69, 9.17) is 28.4 Å². The van der Waals surface area contributed by atoms with Crippen molar-refractivity contribution in [3.63, 3.8) is 0 Å². The molecule has 0 aromatic heterocycles. The fourth-order valence-corrected chi connectivity index (χ4v) is 3.94. The summed E-state index contributed by atoms with van der Waals surface area (Å²) in [5, 5.41) is 57.8. The fourth-order valence-electron chi connectivity index (χ4n) is 3.94. The molecule has 0 aromatic carbocycles. The summed E-state index contributed by atoms with van der Waals surface area (Å²) in [6, 6.07) is 0. The number of aliphatic hydroxyl groups is 5. The average molecular weight is 611 g/mol. The van der Waals surface area contributed by atoms with Gasteiger partial charge in [-0.05, 0) is 32.1 Å². The third-order valence-corrected chi connectivity index (χ3v) is 5.96. The van der Waals surface area contributed by atoms with Crippen LogP contribution in [-0.4, -0.2) is 91.1 Å². The van der Waals surface area contributed by atoms with E-state index >= 15 is 0 Å². The molecule has 16 heteroatoms. The molecular weight excluding hydrogens is 568 g/mol. The Bertz CT molecular complexity index is 985. The number of esters is 5. The number of aliphatic hydroxyl groups excluding tert-OH is 1. The maximum atomic E-state index is 12.8. The standard InChI is InChI=1S/C26H42O16/c1-6-11-17(28)37-22(16-27)23(33,38-18(29)12-7-2)24(34,39-19(30)13-8-3)25(35,40-20(31)14-9-4)26(36,42-22)41-21(32)15-10-5/h27,33-36H,6-16H2,1-5H3/t22-,23-,24-,25-,26-/m1/s1. The number of carbonyl (C=O) groups is 5. The van der Waals surface area contributed by atoms with Gasteiger partial charge in [-0.25, -0.2) is 0 Å². The van der Waals surface area contributed by atoms with Crippen LogP contribution in [0.5, 0.6) is 0 Å². The molecule has 1 saturated heterocycles. The Kier molecular flexibility index (Phi) is 13.3. The van der Waals surface area contributed by atoms with Crippen molar-refractivity contribution in [2.45, 2.75) is 128 Å². The van der Waals surface area contributed by atoms with Crippen LogP contribution in [0, 0.1) is 0 Å². The molecule has 0 bridgehead atoms. The molecule has 16 nitrogen and oxygen atoms in total. The maximum absolute atomic E-state index is 12.8. The van der Waals surface area contributed by atoms with Gasteiger partial charge in [-0.3, -0.25) is 28.7 Å². The van der Waals surface area contributed by atoms with Crippen LogP contribution in [0.3, 0.4) is 0 Å². The van der Waals surface area contributed by atoms with Crippen molar-refractivity contribution in [3.05, 3.63) is 0 Å². The Morgan fingerprint density at radius 3 is 1.17 bits per heavy atom. The number of hydrogen-bond donors (Lipinski definition) is 5. The average Bonchev–Trinajstić information content (AvgIpc) is 2.87. The normalized spacial score (nSPS) is 30.6. The van der Waals surface area contributed by atoms with E-state index in [0.717, 1.165) is 0 Å². The summed E-state index contributed by atoms with van der Waals surface area (Å²) >= 11 is 0. The second-order valence-corrected chi connectivity index (χ2v) is 9.65. The van der Waals surface area contributed by atoms with Crippen molar-refractivity contribution in [2.75, 3.05) is 6.61 Å². The van der Waals surface area contributed by atoms with Gasteiger partial charge in [0.25, 0.3) is 0 Å². The van der Waals surface area contributed by atoms with Gasteiger partial charge < -0.3 is 49.2 Å². The van der Waals surface area contributed by atoms with Crippen molar-refractivity contribution in [3.8, 4) is 0 Å². The van der Waals surface area contributed by atoms with Gasteiger partial charge in [0.2, 0.25) is 0 Å². The van der Waals surface area contributed by atoms with Crippen LogP contribution in [0.15, 0.2) is 0 Å². The number of rotatable bonds is 16. The largest absolute Gasteiger partial charge is 0.423 e. The minimum atomic E-state index is -4.41. The first-order valence-corrected chi connectivity index (χ1v) is 13.8. The Balaban J connectivity index is 4.28. The van der Waals surface area contributed by atoms with Crippen LogP contribution in [0.2, 0.25) is 0 Å². The lowest BCUT2D eigenvalue weighted by atomic mass is 9.83. The van der Waals surface area contributed by atoms with Crippen molar-refractivity contribution < 1.29 is 77.9 Å². The Morgan fingerprint density at radius 2 is 0.810 bits per heavy atom. The highest BCUT2D eigenvalue weighted by Crippen LogP contribution is 2.56. The van der Waals surface area contributed by atoms with Gasteiger partial charge in [0.1, 0.15) is 6.61 Å². The fraction of sp³-hybridized carbons (Fsp3) is 0.808. The van der Waals surface area contributed by atoms with Crippen molar-refractivity contribution in [2.24, 2.45) is 0 Å². The van der Waals surface area contributed by atoms with Gasteiger partial charge in [0, 0.05) is 32.1 Å². The lowest BCUT2D eigenvalue weighted by Gasteiger charge is -2.60. The Morgan fingerprint density at radius 1 is 0.500 bits per heavy atom. The SMILES string of the molecule is CCCC(=O)O[C@@]1(O)O[C@@](CO)(OC(=O)CCC)[C@@](O)(OC(=O)CCC)[C@@](O)(OC(=O)CCC)[C@@]1(O)OC(=O)CCC. The molecule has 1 aliphatic heterocycles. The van der Waals surface area contributed by atoms with Gasteiger partial charge in [-0.15, -0.1) is 0 Å². The van der Waals surface area contributed by atoms with Crippen LogP contribution in [-0.2, 0) is 52.4 Å². The monoisotopic (exact) mass is 610 g/mol. The predicted octanol–water partition coefficient (Wildman–Crippen LogP) is 0.134. The predicted molar refractivity (Wildman–Crippen MR) is 136 cm³/mol. The number of ether oxygens (including phenoxy) is 6. The molecule has 0 unspecified atom stereocenters. The first-order chi connectivity index (χ1) is 19.5. The summed E-state index contributed by atoms with van der Waals surface area (Å²) in [6.07, 6.45) is -2.12. The molecule has 0 saturated carbocycles. The Labute approximate surface area is 242 Å². The number of hydrogen-bond acceptors (Lipinski definition) is 16. The van der Waals surface area contributed by atoms with Gasteiger partial charge in [-0.2, -0.15) is 0 Å². The van der Waals surface area contributed by atoms with E-state index in [9.17, 15) is 49.5 Å². The van der Waals surface area contributed by atoms with Gasteiger partial charge in [-0.1, -0.05) is 34.6 Å². The van der Waals surface area contributed by atoms with Gasteiger partial charge >= 0.3 is 59.0 Å². The second kappa shape index (κ2) is 15.0. The highest BCUT2D eigenvalue weighted by atomic mass is 17.0. The summed E-state index contributed by atoms with van der Waals surface area (Å²) in [5.41, 5.74) is 0. The minimum Gasteiger partial charge on any atom is -0.423 e. The molecule has 1 aliphatic rings. The molecule has 42 heavy (non-hydrogen) atoms. The summed E-state index contributed by atoms with van der Waals surface area (Å²) in [5.74, 6) is -27.8. The first kappa shape index (κ1) is 37.1. The summed E-state index contributed by atoms with van der Waals surface area (Å²) in [6.45, 7) is 5.74. The summed E-state index contributed by atoms with van der Waals surface area (Å²) in [4.78, 5) is 63.5. The topological polar surface area (TPSA) is 242 Å². The van der Waals surface area contributed by atoms with Crippen molar-refractivity contribution in [1.82, 2.24) is 0 Å². The molecule has 0 aromatic rings. The number of carbonyl (C=O) groups excluding carboxylic acids is 5. The van der Waals surface area contributed by atoms with Gasteiger partial charge in [0.15, 0.2) is 0 Å². The molecule has 5 atom stereocenters. The van der Waals surface area contributed by atoms with Crippen LogP contribution in [0.25, 0.3) is 0 Å². The molecule has 1 heterocycles. The van der Waals surface area contributed by atoms with E-state index in [2.05, 4.69) is 0 Å². The lowest BCUT2D eigenvalue weighted by Crippen LogP contribution is -2.91. The summed E-state index contributed by atoms with van der Waals surface area (Å²) < 4.78 is 30.0. The molecular formula is C26H42O16. The van der Waals surface area contributed by atoms with E-state index in [1.165, 1.54) is 34.6 Å². The quantitative estimate of drug-likeness (QED) is 0.0886. The molecule has 0 aliphatic carbocycles. The highest BCUT2D eigenvalue weighted by Gasteiger charge is 2.92. The first-order valence-electron chi connectivity index (χ1n) is 13.8. The van der Waals surface area contributed by atoms with Gasteiger partial charge in [0.05, 0.1) is 0 Å². The third-order valence-electron chi connectivity index (χ3n) is 5.96. The molecule has 5 N–H and O–H groups in total. The zero-order chi connectivity index (χ0) is 32.4. The van der Waals surface area contributed by atoms with E-state index in [-0.39, 0.29) is 32.1 Å². The maximum Gasteiger partial charge on any atom is 0.407 e. The lowest BCUT2D eigenvalue weighted by molar-refractivity contribution is -0.631. The van der Waals surface area contributed by atoms with E-state index in [0.29, 0.717) is 0 Å². The molecule has 0 spiro atoms. The van der Waals surface area contributed by atoms with Crippen molar-refractivity contribution >= 4 is 29.8 Å². The van der Waals surface area contributed by atoms with Crippen molar-refractivity contribution in [1.29, 1.82) is 0 Å². The van der Waals surface area contributed by atoms with Crippen LogP contribution >= 0.6 is 0 Å². The van der Waals surface area contributed by atoms with Crippen LogP contribution < -0.4 is 0 Å². The molecule has 1 fully saturated rings. The molecule has 1 rings (SSSR count).